The standard InChI is InChI=1S/C17H32O5/c1-5-7-9-18-12-15(19-10-8-6-2)13-11-14-16(20-13)22-17(3,4)21-14/h13-16H,5-12H2,1-4H3/t13-,14+,15?,16+/m0/s1. The summed E-state index contributed by atoms with van der Waals surface area (Å²) in [6.07, 6.45) is 4.91. The number of ether oxygens (including phenoxy) is 5. The van der Waals surface area contributed by atoms with E-state index in [1.54, 1.807) is 0 Å². The molecule has 0 spiro atoms. The van der Waals surface area contributed by atoms with Crippen molar-refractivity contribution in [1.82, 2.24) is 0 Å². The summed E-state index contributed by atoms with van der Waals surface area (Å²) in [7, 11) is 0. The predicted molar refractivity (Wildman–Crippen MR) is 83.7 cm³/mol. The average molecular weight is 316 g/mol. The molecular weight excluding hydrogens is 284 g/mol. The zero-order chi connectivity index (χ0) is 16.0. The zero-order valence-corrected chi connectivity index (χ0v) is 14.5. The largest absolute Gasteiger partial charge is 0.379 e. The van der Waals surface area contributed by atoms with E-state index in [1.807, 2.05) is 13.8 Å². The maximum Gasteiger partial charge on any atom is 0.187 e. The minimum atomic E-state index is -0.545. The van der Waals surface area contributed by atoms with Crippen LogP contribution in [0, 0.1) is 0 Å². The van der Waals surface area contributed by atoms with Crippen molar-refractivity contribution in [1.29, 1.82) is 0 Å². The molecule has 130 valence electrons. The first-order valence-electron chi connectivity index (χ1n) is 8.76. The van der Waals surface area contributed by atoms with Crippen LogP contribution < -0.4 is 0 Å². The highest BCUT2D eigenvalue weighted by molar-refractivity contribution is 4.88. The van der Waals surface area contributed by atoms with Crippen LogP contribution in [0.3, 0.4) is 0 Å². The summed E-state index contributed by atoms with van der Waals surface area (Å²) in [5.74, 6) is -0.545. The maximum atomic E-state index is 6.02. The summed E-state index contributed by atoms with van der Waals surface area (Å²) in [5.41, 5.74) is 0. The molecule has 2 saturated heterocycles. The average Bonchev–Trinajstić information content (AvgIpc) is 2.95. The van der Waals surface area contributed by atoms with Gasteiger partial charge in [0.25, 0.3) is 0 Å². The SMILES string of the molecule is CCCCOCC(OCCCC)[C@@H]1C[C@H]2OC(C)(C)O[C@H]2O1. The molecule has 0 radical (unpaired) electrons. The van der Waals surface area contributed by atoms with E-state index in [0.29, 0.717) is 6.61 Å². The van der Waals surface area contributed by atoms with Gasteiger partial charge in [0.2, 0.25) is 0 Å². The van der Waals surface area contributed by atoms with Crippen LogP contribution in [0.25, 0.3) is 0 Å². The molecule has 4 atom stereocenters. The van der Waals surface area contributed by atoms with E-state index in [0.717, 1.165) is 45.3 Å². The van der Waals surface area contributed by atoms with E-state index in [2.05, 4.69) is 13.8 Å². The molecule has 0 bridgehead atoms. The molecule has 0 aromatic rings. The summed E-state index contributed by atoms with van der Waals surface area (Å²) in [5, 5.41) is 0. The van der Waals surface area contributed by atoms with Crippen LogP contribution in [0.4, 0.5) is 0 Å². The molecule has 5 heteroatoms. The van der Waals surface area contributed by atoms with Crippen molar-refractivity contribution in [2.24, 2.45) is 0 Å². The topological polar surface area (TPSA) is 46.2 Å². The molecule has 0 aliphatic carbocycles. The Morgan fingerprint density at radius 2 is 1.82 bits per heavy atom. The van der Waals surface area contributed by atoms with Crippen LogP contribution in [-0.4, -0.2) is 50.2 Å². The molecule has 22 heavy (non-hydrogen) atoms. The van der Waals surface area contributed by atoms with E-state index in [-0.39, 0.29) is 24.6 Å². The monoisotopic (exact) mass is 316 g/mol. The summed E-state index contributed by atoms with van der Waals surface area (Å²) in [6.45, 7) is 10.3. The van der Waals surface area contributed by atoms with Gasteiger partial charge in [-0.1, -0.05) is 26.7 Å². The Balaban J connectivity index is 1.80. The molecule has 0 aromatic heterocycles. The maximum absolute atomic E-state index is 6.02. The summed E-state index contributed by atoms with van der Waals surface area (Å²) in [6, 6.07) is 0. The third-order valence-electron chi connectivity index (χ3n) is 4.08. The van der Waals surface area contributed by atoms with E-state index in [4.69, 9.17) is 23.7 Å². The molecule has 0 amide bonds. The third kappa shape index (κ3) is 5.17. The molecule has 0 saturated carbocycles. The zero-order valence-electron chi connectivity index (χ0n) is 14.5. The number of hydrogen-bond acceptors (Lipinski definition) is 5. The van der Waals surface area contributed by atoms with Crippen LogP contribution in [0.15, 0.2) is 0 Å². The minimum Gasteiger partial charge on any atom is -0.379 e. The molecule has 2 rings (SSSR count). The summed E-state index contributed by atoms with van der Waals surface area (Å²) < 4.78 is 29.4. The van der Waals surface area contributed by atoms with Gasteiger partial charge in [0.1, 0.15) is 12.2 Å². The van der Waals surface area contributed by atoms with E-state index < -0.39 is 5.79 Å². The number of fused-ring (bicyclic) bond motifs is 1. The van der Waals surface area contributed by atoms with Gasteiger partial charge in [0, 0.05) is 19.6 Å². The molecule has 2 aliphatic heterocycles. The van der Waals surface area contributed by atoms with Crippen molar-refractivity contribution < 1.29 is 23.7 Å². The number of hydrogen-bond donors (Lipinski definition) is 0. The first-order valence-corrected chi connectivity index (χ1v) is 8.76. The van der Waals surface area contributed by atoms with Gasteiger partial charge in [-0.05, 0) is 26.7 Å². The highest BCUT2D eigenvalue weighted by atomic mass is 16.8. The Kier molecular flexibility index (Phi) is 7.09. The van der Waals surface area contributed by atoms with Gasteiger partial charge < -0.3 is 23.7 Å². The van der Waals surface area contributed by atoms with Crippen molar-refractivity contribution in [3.05, 3.63) is 0 Å². The highest BCUT2D eigenvalue weighted by Crippen LogP contribution is 2.38. The second kappa shape index (κ2) is 8.60. The van der Waals surface area contributed by atoms with Crippen molar-refractivity contribution in [3.8, 4) is 0 Å². The molecule has 2 fully saturated rings. The van der Waals surface area contributed by atoms with Crippen LogP contribution in [0.5, 0.6) is 0 Å². The van der Waals surface area contributed by atoms with Gasteiger partial charge in [0.05, 0.1) is 12.7 Å². The molecule has 0 N–H and O–H groups in total. The minimum absolute atomic E-state index is 0.00733. The smallest absolute Gasteiger partial charge is 0.187 e. The van der Waals surface area contributed by atoms with Gasteiger partial charge in [0.15, 0.2) is 12.1 Å². The normalized spacial score (nSPS) is 31.4. The van der Waals surface area contributed by atoms with Crippen LogP contribution in [0.2, 0.25) is 0 Å². The molecule has 2 heterocycles. The number of rotatable bonds is 10. The molecule has 5 nitrogen and oxygen atoms in total. The Morgan fingerprint density at radius 1 is 1.09 bits per heavy atom. The Morgan fingerprint density at radius 3 is 2.50 bits per heavy atom. The van der Waals surface area contributed by atoms with E-state index in [1.165, 1.54) is 0 Å². The van der Waals surface area contributed by atoms with Crippen LogP contribution in [0.1, 0.15) is 59.8 Å². The van der Waals surface area contributed by atoms with Gasteiger partial charge in [-0.3, -0.25) is 0 Å². The predicted octanol–water partition coefficient (Wildman–Crippen LogP) is 3.25. The highest BCUT2D eigenvalue weighted by Gasteiger charge is 2.50. The fourth-order valence-corrected chi connectivity index (χ4v) is 2.86. The lowest BCUT2D eigenvalue weighted by Crippen LogP contribution is -2.36. The van der Waals surface area contributed by atoms with Crippen molar-refractivity contribution >= 4 is 0 Å². The molecule has 0 aromatic carbocycles. The van der Waals surface area contributed by atoms with Gasteiger partial charge in [-0.25, -0.2) is 0 Å². The second-order valence-electron chi connectivity index (χ2n) is 6.64. The third-order valence-corrected chi connectivity index (χ3v) is 4.08. The summed E-state index contributed by atoms with van der Waals surface area (Å²) >= 11 is 0. The molecular formula is C17H32O5. The molecule has 1 unspecified atom stereocenters. The lowest BCUT2D eigenvalue weighted by molar-refractivity contribution is -0.220. The van der Waals surface area contributed by atoms with E-state index >= 15 is 0 Å². The van der Waals surface area contributed by atoms with Crippen LogP contribution in [-0.2, 0) is 23.7 Å². The lowest BCUT2D eigenvalue weighted by atomic mass is 10.1. The lowest BCUT2D eigenvalue weighted by Gasteiger charge is -2.26. The quantitative estimate of drug-likeness (QED) is 0.579. The van der Waals surface area contributed by atoms with Crippen molar-refractivity contribution in [3.63, 3.8) is 0 Å². The molecule has 2 aliphatic rings. The van der Waals surface area contributed by atoms with Crippen molar-refractivity contribution in [2.45, 2.75) is 90.2 Å². The van der Waals surface area contributed by atoms with Crippen LogP contribution >= 0.6 is 0 Å². The number of unbranched alkanes of at least 4 members (excludes halogenated alkanes) is 2. The fourth-order valence-electron chi connectivity index (χ4n) is 2.86. The Hall–Kier alpha value is -0.200. The first-order chi connectivity index (χ1) is 10.6. The van der Waals surface area contributed by atoms with Gasteiger partial charge in [-0.15, -0.1) is 0 Å². The van der Waals surface area contributed by atoms with Crippen molar-refractivity contribution in [2.75, 3.05) is 19.8 Å². The second-order valence-corrected chi connectivity index (χ2v) is 6.64. The Labute approximate surface area is 134 Å². The summed E-state index contributed by atoms with van der Waals surface area (Å²) in [4.78, 5) is 0. The van der Waals surface area contributed by atoms with E-state index in [9.17, 15) is 0 Å². The Bertz CT molecular complexity index is 304. The van der Waals surface area contributed by atoms with Gasteiger partial charge >= 0.3 is 0 Å². The fraction of sp³-hybridized carbons (Fsp3) is 1.00. The first kappa shape index (κ1) is 18.1. The van der Waals surface area contributed by atoms with Gasteiger partial charge in [-0.2, -0.15) is 0 Å².